The van der Waals surface area contributed by atoms with Crippen LogP contribution in [0.1, 0.15) is 11.3 Å². The SMILES string of the molecule is C#Cc1cccc(Nc2nc(C(F)(F)F)c3cc(OC)c(OC)cc3n2)c1. The van der Waals surface area contributed by atoms with Gasteiger partial charge >= 0.3 is 6.18 Å². The molecule has 0 aliphatic carbocycles. The number of hydrogen-bond acceptors (Lipinski definition) is 5. The molecule has 0 spiro atoms. The van der Waals surface area contributed by atoms with Crippen molar-refractivity contribution in [2.24, 2.45) is 0 Å². The van der Waals surface area contributed by atoms with Crippen LogP contribution in [0.2, 0.25) is 0 Å². The Kier molecular flexibility index (Phi) is 4.77. The molecule has 138 valence electrons. The molecule has 0 saturated carbocycles. The van der Waals surface area contributed by atoms with E-state index in [0.29, 0.717) is 11.3 Å². The van der Waals surface area contributed by atoms with E-state index in [2.05, 4.69) is 21.2 Å². The number of aromatic nitrogens is 2. The number of ether oxygens (including phenoxy) is 2. The maximum absolute atomic E-state index is 13.6. The normalized spacial score (nSPS) is 11.1. The van der Waals surface area contributed by atoms with Crippen molar-refractivity contribution >= 4 is 22.5 Å². The fourth-order valence-electron chi connectivity index (χ4n) is 2.54. The van der Waals surface area contributed by atoms with Crippen molar-refractivity contribution in [1.29, 1.82) is 0 Å². The molecule has 1 aromatic heterocycles. The summed E-state index contributed by atoms with van der Waals surface area (Å²) < 4.78 is 50.9. The summed E-state index contributed by atoms with van der Waals surface area (Å²) in [4.78, 5) is 7.83. The Hall–Kier alpha value is -3.47. The summed E-state index contributed by atoms with van der Waals surface area (Å²) in [5.74, 6) is 2.66. The zero-order chi connectivity index (χ0) is 19.6. The molecule has 1 heterocycles. The Labute approximate surface area is 153 Å². The Morgan fingerprint density at radius 3 is 2.37 bits per heavy atom. The third-order valence-electron chi connectivity index (χ3n) is 3.75. The first-order valence-electron chi connectivity index (χ1n) is 7.70. The first kappa shape index (κ1) is 18.3. The predicted molar refractivity (Wildman–Crippen MR) is 95.3 cm³/mol. The second kappa shape index (κ2) is 7.03. The van der Waals surface area contributed by atoms with Gasteiger partial charge in [0.2, 0.25) is 5.95 Å². The van der Waals surface area contributed by atoms with Crippen molar-refractivity contribution in [3.05, 3.63) is 47.7 Å². The van der Waals surface area contributed by atoms with Gasteiger partial charge in [0.25, 0.3) is 0 Å². The van der Waals surface area contributed by atoms with Gasteiger partial charge in [0.1, 0.15) is 0 Å². The average Bonchev–Trinajstić information content (AvgIpc) is 2.65. The van der Waals surface area contributed by atoms with E-state index in [4.69, 9.17) is 15.9 Å². The summed E-state index contributed by atoms with van der Waals surface area (Å²) in [5, 5.41) is 2.57. The highest BCUT2D eigenvalue weighted by atomic mass is 19.4. The molecule has 5 nitrogen and oxygen atoms in total. The third-order valence-corrected chi connectivity index (χ3v) is 3.75. The van der Waals surface area contributed by atoms with Gasteiger partial charge in [-0.05, 0) is 24.3 Å². The minimum absolute atomic E-state index is 0.0607. The fraction of sp³-hybridized carbons (Fsp3) is 0.158. The number of anilines is 2. The topological polar surface area (TPSA) is 56.3 Å². The quantitative estimate of drug-likeness (QED) is 0.688. The molecule has 27 heavy (non-hydrogen) atoms. The summed E-state index contributed by atoms with van der Waals surface area (Å²) in [6.07, 6.45) is 0.661. The van der Waals surface area contributed by atoms with Crippen LogP contribution in [0.4, 0.5) is 24.8 Å². The van der Waals surface area contributed by atoms with Crippen LogP contribution in [0.25, 0.3) is 10.9 Å². The minimum atomic E-state index is -4.68. The van der Waals surface area contributed by atoms with Gasteiger partial charge in [-0.2, -0.15) is 13.2 Å². The summed E-state index contributed by atoms with van der Waals surface area (Å²) in [6.45, 7) is 0. The second-order valence-corrected chi connectivity index (χ2v) is 5.47. The third kappa shape index (κ3) is 3.72. The van der Waals surface area contributed by atoms with E-state index in [1.807, 2.05) is 0 Å². The van der Waals surface area contributed by atoms with Crippen LogP contribution in [-0.4, -0.2) is 24.2 Å². The number of nitrogens with one attached hydrogen (secondary N) is 1. The molecule has 0 atom stereocenters. The summed E-state index contributed by atoms with van der Waals surface area (Å²) in [5.41, 5.74) is 0.0243. The van der Waals surface area contributed by atoms with E-state index >= 15 is 0 Å². The standard InChI is InChI=1S/C19H14F3N3O2/c1-4-11-6-5-7-12(8-11)23-18-24-14-10-16(27-3)15(26-2)9-13(14)17(25-18)19(20,21)22/h1,5-10H,2-3H3,(H,23,24,25). The molecular weight excluding hydrogens is 359 g/mol. The number of methoxy groups -OCH3 is 2. The number of alkyl halides is 3. The van der Waals surface area contributed by atoms with Crippen LogP contribution in [0.5, 0.6) is 11.5 Å². The van der Waals surface area contributed by atoms with Gasteiger partial charge in [-0.1, -0.05) is 12.0 Å². The van der Waals surface area contributed by atoms with E-state index in [1.165, 1.54) is 26.4 Å². The van der Waals surface area contributed by atoms with E-state index in [9.17, 15) is 13.2 Å². The molecule has 2 aromatic carbocycles. The van der Waals surface area contributed by atoms with Crippen LogP contribution >= 0.6 is 0 Å². The molecule has 0 radical (unpaired) electrons. The summed E-state index contributed by atoms with van der Waals surface area (Å²) in [7, 11) is 2.73. The highest BCUT2D eigenvalue weighted by Crippen LogP contribution is 2.38. The van der Waals surface area contributed by atoms with Crippen molar-refractivity contribution in [3.8, 4) is 23.8 Å². The lowest BCUT2D eigenvalue weighted by Crippen LogP contribution is -2.12. The van der Waals surface area contributed by atoms with Crippen molar-refractivity contribution in [2.75, 3.05) is 19.5 Å². The summed E-state index contributed by atoms with van der Waals surface area (Å²) in [6, 6.07) is 9.21. The van der Waals surface area contributed by atoms with E-state index in [-0.39, 0.29) is 28.4 Å². The maximum Gasteiger partial charge on any atom is 0.434 e. The van der Waals surface area contributed by atoms with E-state index < -0.39 is 11.9 Å². The highest BCUT2D eigenvalue weighted by Gasteiger charge is 2.36. The molecule has 0 fully saturated rings. The minimum Gasteiger partial charge on any atom is -0.493 e. The Bertz CT molecular complexity index is 1040. The lowest BCUT2D eigenvalue weighted by molar-refractivity contribution is -0.139. The molecule has 0 saturated heterocycles. The predicted octanol–water partition coefficient (Wildman–Crippen LogP) is 4.39. The molecular formula is C19H14F3N3O2. The van der Waals surface area contributed by atoms with Gasteiger partial charge in [0, 0.05) is 22.7 Å². The fourth-order valence-corrected chi connectivity index (χ4v) is 2.54. The van der Waals surface area contributed by atoms with Crippen molar-refractivity contribution in [1.82, 2.24) is 9.97 Å². The van der Waals surface area contributed by atoms with Crippen molar-refractivity contribution < 1.29 is 22.6 Å². The average molecular weight is 373 g/mol. The second-order valence-electron chi connectivity index (χ2n) is 5.47. The Balaban J connectivity index is 2.18. The van der Waals surface area contributed by atoms with Crippen LogP contribution < -0.4 is 14.8 Å². The molecule has 0 aliphatic rings. The number of hydrogen-bond donors (Lipinski definition) is 1. The number of fused-ring (bicyclic) bond motifs is 1. The highest BCUT2D eigenvalue weighted by molar-refractivity contribution is 5.86. The van der Waals surface area contributed by atoms with Gasteiger partial charge in [0.15, 0.2) is 17.2 Å². The molecule has 3 aromatic rings. The lowest BCUT2D eigenvalue weighted by Gasteiger charge is -2.15. The number of rotatable bonds is 4. The zero-order valence-electron chi connectivity index (χ0n) is 14.4. The number of terminal acetylenes is 1. The first-order chi connectivity index (χ1) is 12.9. The van der Waals surface area contributed by atoms with E-state index in [0.717, 1.165) is 0 Å². The summed E-state index contributed by atoms with van der Waals surface area (Å²) >= 11 is 0. The van der Waals surface area contributed by atoms with Gasteiger partial charge in [-0.15, -0.1) is 6.42 Å². The monoisotopic (exact) mass is 373 g/mol. The number of benzene rings is 2. The number of halogens is 3. The first-order valence-corrected chi connectivity index (χ1v) is 7.70. The molecule has 8 heteroatoms. The Morgan fingerprint density at radius 2 is 1.74 bits per heavy atom. The van der Waals surface area contributed by atoms with Gasteiger partial charge in [0.05, 0.1) is 19.7 Å². The van der Waals surface area contributed by atoms with Gasteiger partial charge in [-0.3, -0.25) is 0 Å². The molecule has 0 bridgehead atoms. The van der Waals surface area contributed by atoms with Gasteiger partial charge < -0.3 is 14.8 Å². The van der Waals surface area contributed by atoms with E-state index in [1.54, 1.807) is 24.3 Å². The molecule has 3 rings (SSSR count). The molecule has 0 aliphatic heterocycles. The molecule has 0 amide bonds. The largest absolute Gasteiger partial charge is 0.493 e. The van der Waals surface area contributed by atoms with Crippen molar-refractivity contribution in [3.63, 3.8) is 0 Å². The lowest BCUT2D eigenvalue weighted by atomic mass is 10.1. The number of nitrogens with zero attached hydrogens (tertiary/aromatic N) is 2. The van der Waals surface area contributed by atoms with Crippen LogP contribution in [-0.2, 0) is 6.18 Å². The molecule has 1 N–H and O–H groups in total. The van der Waals surface area contributed by atoms with Gasteiger partial charge in [-0.25, -0.2) is 9.97 Å². The Morgan fingerprint density at radius 1 is 1.04 bits per heavy atom. The van der Waals surface area contributed by atoms with Crippen molar-refractivity contribution in [2.45, 2.75) is 6.18 Å². The maximum atomic E-state index is 13.6. The van der Waals surface area contributed by atoms with Crippen LogP contribution in [0.3, 0.4) is 0 Å². The van der Waals surface area contributed by atoms with Crippen LogP contribution in [0.15, 0.2) is 36.4 Å². The zero-order valence-corrected chi connectivity index (χ0v) is 14.4. The molecule has 0 unspecified atom stereocenters. The smallest absolute Gasteiger partial charge is 0.434 e. The van der Waals surface area contributed by atoms with Crippen LogP contribution in [0, 0.1) is 12.3 Å².